The minimum atomic E-state index is -0.612. The Hall–Kier alpha value is -0.400. The normalized spacial score (nSPS) is 18.0. The van der Waals surface area contributed by atoms with Crippen molar-refractivity contribution in [1.82, 2.24) is 10.2 Å². The standard InChI is InChI=1S/C13H17BrClFN2O2/c14-10-5-11(15)12(16)6-13(10)20-8-9(19)7-18-3-1-17-2-4-18/h5-6,9,17,19H,1-4,7-8H2. The van der Waals surface area contributed by atoms with Crippen LogP contribution in [0.15, 0.2) is 16.6 Å². The van der Waals surface area contributed by atoms with Gasteiger partial charge in [-0.25, -0.2) is 4.39 Å². The summed E-state index contributed by atoms with van der Waals surface area (Å²) in [5.74, 6) is -0.201. The smallest absolute Gasteiger partial charge is 0.145 e. The molecule has 0 saturated carbocycles. The molecule has 20 heavy (non-hydrogen) atoms. The molecule has 0 aromatic heterocycles. The molecule has 1 fully saturated rings. The molecule has 0 amide bonds. The van der Waals surface area contributed by atoms with Gasteiger partial charge in [-0.2, -0.15) is 0 Å². The van der Waals surface area contributed by atoms with Crippen LogP contribution in [-0.2, 0) is 0 Å². The van der Waals surface area contributed by atoms with Crippen LogP contribution in [0, 0.1) is 5.82 Å². The Bertz CT molecular complexity index is 458. The van der Waals surface area contributed by atoms with Gasteiger partial charge in [0.25, 0.3) is 0 Å². The number of nitrogens with zero attached hydrogens (tertiary/aromatic N) is 1. The number of benzene rings is 1. The Balaban J connectivity index is 1.83. The molecular weight excluding hydrogens is 351 g/mol. The summed E-state index contributed by atoms with van der Waals surface area (Å²) in [6, 6.07) is 2.65. The monoisotopic (exact) mass is 366 g/mol. The fourth-order valence-corrected chi connectivity index (χ4v) is 2.80. The Morgan fingerprint density at radius 1 is 1.45 bits per heavy atom. The number of piperazine rings is 1. The van der Waals surface area contributed by atoms with Crippen LogP contribution in [-0.4, -0.2) is 55.4 Å². The third-order valence-electron chi connectivity index (χ3n) is 3.08. The number of ether oxygens (including phenoxy) is 1. The number of hydrogen-bond acceptors (Lipinski definition) is 4. The zero-order chi connectivity index (χ0) is 14.5. The summed E-state index contributed by atoms with van der Waals surface area (Å²) in [6.07, 6.45) is -0.612. The molecule has 1 saturated heterocycles. The number of hydrogen-bond donors (Lipinski definition) is 2. The molecule has 1 atom stereocenters. The number of aliphatic hydroxyl groups is 1. The molecule has 1 heterocycles. The lowest BCUT2D eigenvalue weighted by Gasteiger charge is -2.29. The molecule has 0 radical (unpaired) electrons. The van der Waals surface area contributed by atoms with Gasteiger partial charge in [-0.1, -0.05) is 11.6 Å². The predicted octanol–water partition coefficient (Wildman–Crippen LogP) is 1.89. The van der Waals surface area contributed by atoms with Gasteiger partial charge in [0, 0.05) is 38.8 Å². The third-order valence-corrected chi connectivity index (χ3v) is 3.99. The van der Waals surface area contributed by atoms with Crippen LogP contribution in [0.25, 0.3) is 0 Å². The first-order valence-corrected chi connectivity index (χ1v) is 7.62. The molecule has 2 rings (SSSR count). The van der Waals surface area contributed by atoms with Crippen LogP contribution in [0.4, 0.5) is 4.39 Å². The van der Waals surface area contributed by atoms with Gasteiger partial charge in [0.2, 0.25) is 0 Å². The van der Waals surface area contributed by atoms with Crippen molar-refractivity contribution in [2.75, 3.05) is 39.3 Å². The maximum absolute atomic E-state index is 13.3. The van der Waals surface area contributed by atoms with Crippen LogP contribution in [0.1, 0.15) is 0 Å². The van der Waals surface area contributed by atoms with E-state index in [4.69, 9.17) is 16.3 Å². The molecule has 1 aromatic carbocycles. The topological polar surface area (TPSA) is 44.7 Å². The van der Waals surface area contributed by atoms with E-state index < -0.39 is 11.9 Å². The fraction of sp³-hybridized carbons (Fsp3) is 0.538. The average molecular weight is 368 g/mol. The van der Waals surface area contributed by atoms with Gasteiger partial charge in [-0.15, -0.1) is 0 Å². The first-order valence-electron chi connectivity index (χ1n) is 6.44. The number of nitrogens with one attached hydrogen (secondary N) is 1. The molecule has 1 aliphatic rings. The summed E-state index contributed by atoms with van der Waals surface area (Å²) in [5.41, 5.74) is 0. The highest BCUT2D eigenvalue weighted by Crippen LogP contribution is 2.30. The average Bonchev–Trinajstić information content (AvgIpc) is 2.42. The highest BCUT2D eigenvalue weighted by Gasteiger charge is 2.15. The lowest BCUT2D eigenvalue weighted by atomic mass is 10.3. The highest BCUT2D eigenvalue weighted by molar-refractivity contribution is 9.10. The summed E-state index contributed by atoms with van der Waals surface area (Å²) in [4.78, 5) is 2.17. The second-order valence-corrected chi connectivity index (χ2v) is 5.97. The van der Waals surface area contributed by atoms with Crippen molar-refractivity contribution < 1.29 is 14.2 Å². The largest absolute Gasteiger partial charge is 0.490 e. The maximum atomic E-state index is 13.3. The van der Waals surface area contributed by atoms with Crippen molar-refractivity contribution in [2.24, 2.45) is 0 Å². The minimum absolute atomic E-state index is 0.0330. The van der Waals surface area contributed by atoms with Gasteiger partial charge in [0.1, 0.15) is 24.3 Å². The quantitative estimate of drug-likeness (QED) is 0.780. The van der Waals surface area contributed by atoms with E-state index in [2.05, 4.69) is 26.1 Å². The SMILES string of the molecule is OC(COc1cc(F)c(Cl)cc1Br)CN1CCNCC1. The molecule has 1 aliphatic heterocycles. The summed E-state index contributed by atoms with van der Waals surface area (Å²) in [6.45, 7) is 4.36. The van der Waals surface area contributed by atoms with Gasteiger partial charge >= 0.3 is 0 Å². The number of β-amino-alcohol motifs (C(OH)–C–C–N with tert-alkyl or cyclic N) is 1. The van der Waals surface area contributed by atoms with Crippen molar-refractivity contribution in [2.45, 2.75) is 6.10 Å². The Kier molecular flexibility index (Phi) is 6.04. The summed E-state index contributed by atoms with van der Waals surface area (Å²) >= 11 is 8.91. The van der Waals surface area contributed by atoms with E-state index in [9.17, 15) is 9.50 Å². The molecule has 2 N–H and O–H groups in total. The number of aliphatic hydroxyl groups excluding tert-OH is 1. The zero-order valence-corrected chi connectivity index (χ0v) is 13.3. The van der Waals surface area contributed by atoms with E-state index >= 15 is 0 Å². The van der Waals surface area contributed by atoms with E-state index in [-0.39, 0.29) is 11.6 Å². The second kappa shape index (κ2) is 7.56. The predicted molar refractivity (Wildman–Crippen MR) is 79.9 cm³/mol. The van der Waals surface area contributed by atoms with Crippen molar-refractivity contribution >= 4 is 27.5 Å². The molecule has 0 aliphatic carbocycles. The summed E-state index contributed by atoms with van der Waals surface area (Å²) < 4.78 is 19.4. The van der Waals surface area contributed by atoms with Gasteiger partial charge < -0.3 is 15.2 Å². The molecule has 112 valence electrons. The van der Waals surface area contributed by atoms with Crippen molar-refractivity contribution in [3.63, 3.8) is 0 Å². The summed E-state index contributed by atoms with van der Waals surface area (Å²) in [7, 11) is 0. The van der Waals surface area contributed by atoms with Gasteiger partial charge in [-0.3, -0.25) is 4.90 Å². The third kappa shape index (κ3) is 4.56. The van der Waals surface area contributed by atoms with Crippen molar-refractivity contribution in [3.05, 3.63) is 27.4 Å². The van der Waals surface area contributed by atoms with Crippen LogP contribution in [0.3, 0.4) is 0 Å². The first kappa shape index (κ1) is 16.0. The van der Waals surface area contributed by atoms with E-state index in [1.165, 1.54) is 12.1 Å². The Morgan fingerprint density at radius 3 is 2.85 bits per heavy atom. The number of halogens is 3. The zero-order valence-electron chi connectivity index (χ0n) is 10.9. The molecular formula is C13H17BrClFN2O2. The maximum Gasteiger partial charge on any atom is 0.145 e. The Morgan fingerprint density at radius 2 is 2.15 bits per heavy atom. The van der Waals surface area contributed by atoms with E-state index in [0.717, 1.165) is 26.2 Å². The molecule has 0 spiro atoms. The van der Waals surface area contributed by atoms with Crippen LogP contribution in [0.5, 0.6) is 5.75 Å². The number of rotatable bonds is 5. The first-order chi connectivity index (χ1) is 9.56. The van der Waals surface area contributed by atoms with Crippen LogP contribution < -0.4 is 10.1 Å². The van der Waals surface area contributed by atoms with E-state index in [0.29, 0.717) is 16.8 Å². The van der Waals surface area contributed by atoms with Gasteiger partial charge in [0.05, 0.1) is 9.50 Å². The lowest BCUT2D eigenvalue weighted by Crippen LogP contribution is -2.47. The molecule has 0 bridgehead atoms. The van der Waals surface area contributed by atoms with Crippen LogP contribution >= 0.6 is 27.5 Å². The molecule has 7 heteroatoms. The molecule has 1 aromatic rings. The van der Waals surface area contributed by atoms with Gasteiger partial charge in [-0.05, 0) is 22.0 Å². The minimum Gasteiger partial charge on any atom is -0.490 e. The van der Waals surface area contributed by atoms with E-state index in [1.54, 1.807) is 0 Å². The second-order valence-electron chi connectivity index (χ2n) is 4.71. The van der Waals surface area contributed by atoms with Gasteiger partial charge in [0.15, 0.2) is 0 Å². The highest BCUT2D eigenvalue weighted by atomic mass is 79.9. The Labute approximate surface area is 131 Å². The van der Waals surface area contributed by atoms with E-state index in [1.807, 2.05) is 0 Å². The molecule has 4 nitrogen and oxygen atoms in total. The van der Waals surface area contributed by atoms with Crippen LogP contribution in [0.2, 0.25) is 5.02 Å². The fourth-order valence-electron chi connectivity index (χ4n) is 2.05. The van der Waals surface area contributed by atoms with Crippen molar-refractivity contribution in [1.29, 1.82) is 0 Å². The summed E-state index contributed by atoms with van der Waals surface area (Å²) in [5, 5.41) is 13.2. The molecule has 1 unspecified atom stereocenters. The van der Waals surface area contributed by atoms with Crippen molar-refractivity contribution in [3.8, 4) is 5.75 Å². The lowest BCUT2D eigenvalue weighted by molar-refractivity contribution is 0.0638.